The molecule has 0 radical (unpaired) electrons. The van der Waals surface area contributed by atoms with Gasteiger partial charge >= 0.3 is 7.04 Å². The Labute approximate surface area is 92.1 Å². The summed E-state index contributed by atoms with van der Waals surface area (Å²) in [5.41, 5.74) is 0.948. The molecule has 0 bridgehead atoms. The van der Waals surface area contributed by atoms with Crippen molar-refractivity contribution in [3.63, 3.8) is 0 Å². The molecule has 0 saturated heterocycles. The highest BCUT2D eigenvalue weighted by Gasteiger charge is 2.54. The van der Waals surface area contributed by atoms with Crippen molar-refractivity contribution in [1.29, 1.82) is 0 Å². The van der Waals surface area contributed by atoms with Gasteiger partial charge in [-0.2, -0.15) is 4.60 Å². The van der Waals surface area contributed by atoms with Gasteiger partial charge in [-0.15, -0.1) is 0 Å². The molecule has 1 heterocycles. The molecular formula is C10H11BF2N2O. The molecule has 0 aromatic heterocycles. The van der Waals surface area contributed by atoms with Gasteiger partial charge in [-0.3, -0.25) is 0 Å². The molecule has 0 atom stereocenters. The zero-order valence-electron chi connectivity index (χ0n) is 9.02. The third-order valence-electron chi connectivity index (χ3n) is 2.22. The van der Waals surface area contributed by atoms with E-state index in [0.29, 0.717) is 15.9 Å². The van der Waals surface area contributed by atoms with Gasteiger partial charge in [0.05, 0.1) is 0 Å². The molecule has 0 spiro atoms. The Morgan fingerprint density at radius 3 is 2.38 bits per heavy atom. The van der Waals surface area contributed by atoms with Crippen molar-refractivity contribution in [2.24, 2.45) is 5.10 Å². The van der Waals surface area contributed by atoms with Crippen molar-refractivity contribution in [2.75, 3.05) is 0 Å². The summed E-state index contributed by atoms with van der Waals surface area (Å²) in [6, 6.07) is 8.66. The normalized spacial score (nSPS) is 18.0. The van der Waals surface area contributed by atoms with Crippen LogP contribution in [0.2, 0.25) is 0 Å². The summed E-state index contributed by atoms with van der Waals surface area (Å²) in [6.45, 7) is 3.13. The molecule has 0 saturated carbocycles. The first-order valence-corrected chi connectivity index (χ1v) is 4.94. The minimum Gasteiger partial charge on any atom is -0.580 e. The molecule has 1 aliphatic heterocycles. The van der Waals surface area contributed by atoms with Crippen LogP contribution < -0.4 is 0 Å². The summed E-state index contributed by atoms with van der Waals surface area (Å²) in [6.07, 6.45) is 0. The van der Waals surface area contributed by atoms with Gasteiger partial charge in [0, 0.05) is 19.4 Å². The summed E-state index contributed by atoms with van der Waals surface area (Å²) < 4.78 is 32.1. The zero-order chi connectivity index (χ0) is 11.8. The van der Waals surface area contributed by atoms with Gasteiger partial charge in [-0.05, 0) is 17.2 Å². The van der Waals surface area contributed by atoms with Gasteiger partial charge in [0.2, 0.25) is 5.90 Å². The fourth-order valence-corrected chi connectivity index (χ4v) is 1.48. The highest BCUT2D eigenvalue weighted by Crippen LogP contribution is 2.22. The molecule has 16 heavy (non-hydrogen) atoms. The van der Waals surface area contributed by atoms with Gasteiger partial charge in [-0.25, -0.2) is 0 Å². The summed E-state index contributed by atoms with van der Waals surface area (Å²) >= 11 is 0. The molecule has 0 fully saturated rings. The molecule has 0 amide bonds. The lowest BCUT2D eigenvalue weighted by molar-refractivity contribution is -0.432. The van der Waals surface area contributed by atoms with Crippen molar-refractivity contribution in [2.45, 2.75) is 13.8 Å². The second kappa shape index (κ2) is 3.70. The van der Waals surface area contributed by atoms with Gasteiger partial charge in [0.15, 0.2) is 0 Å². The third kappa shape index (κ3) is 1.82. The van der Waals surface area contributed by atoms with E-state index in [4.69, 9.17) is 0 Å². The first-order chi connectivity index (χ1) is 7.50. The molecular weight excluding hydrogens is 213 g/mol. The summed E-state index contributed by atoms with van der Waals surface area (Å²) in [4.78, 5) is 0. The number of nitrogens with zero attached hydrogens (tertiary/aromatic N) is 2. The second-order valence-corrected chi connectivity index (χ2v) is 3.74. The van der Waals surface area contributed by atoms with E-state index in [9.17, 15) is 8.63 Å². The Morgan fingerprint density at radius 1 is 1.25 bits per heavy atom. The number of hydrazone groups is 1. The van der Waals surface area contributed by atoms with Crippen LogP contribution >= 0.6 is 0 Å². The quantitative estimate of drug-likeness (QED) is 0.671. The van der Waals surface area contributed by atoms with Crippen molar-refractivity contribution < 1.29 is 17.9 Å². The number of halogens is 2. The maximum Gasteiger partial charge on any atom is 0.859 e. The smallest absolute Gasteiger partial charge is 0.580 e. The molecule has 3 nitrogen and oxygen atoms in total. The van der Waals surface area contributed by atoms with E-state index in [1.165, 1.54) is 0 Å². The lowest BCUT2D eigenvalue weighted by Crippen LogP contribution is -2.37. The SMILES string of the molecule is CC(C)=[N+]1N=C(c2ccccc2)O[B-]1(F)F. The molecule has 0 aliphatic carbocycles. The predicted molar refractivity (Wildman–Crippen MR) is 58.6 cm³/mol. The highest BCUT2D eigenvalue weighted by molar-refractivity contribution is 6.54. The fourth-order valence-electron chi connectivity index (χ4n) is 1.48. The van der Waals surface area contributed by atoms with E-state index in [1.54, 1.807) is 44.2 Å². The Morgan fingerprint density at radius 2 is 1.88 bits per heavy atom. The number of hydrogen-bond donors (Lipinski definition) is 0. The predicted octanol–water partition coefficient (Wildman–Crippen LogP) is 2.25. The van der Waals surface area contributed by atoms with E-state index in [2.05, 4.69) is 9.76 Å². The second-order valence-electron chi connectivity index (χ2n) is 3.74. The van der Waals surface area contributed by atoms with Crippen molar-refractivity contribution in [3.8, 4) is 0 Å². The average molecular weight is 224 g/mol. The maximum atomic E-state index is 13.4. The minimum absolute atomic E-state index is 0.0354. The lowest BCUT2D eigenvalue weighted by Gasteiger charge is -2.10. The van der Waals surface area contributed by atoms with Crippen LogP contribution in [-0.2, 0) is 4.65 Å². The van der Waals surface area contributed by atoms with Gasteiger partial charge < -0.3 is 13.3 Å². The first-order valence-electron chi connectivity index (χ1n) is 4.94. The van der Waals surface area contributed by atoms with Crippen LogP contribution in [0.25, 0.3) is 0 Å². The highest BCUT2D eigenvalue weighted by atomic mass is 19.3. The molecule has 0 N–H and O–H groups in total. The van der Waals surface area contributed by atoms with Crippen molar-refractivity contribution >= 4 is 18.6 Å². The van der Waals surface area contributed by atoms with E-state index in [-0.39, 0.29) is 5.90 Å². The average Bonchev–Trinajstić information content (AvgIpc) is 2.56. The summed E-state index contributed by atoms with van der Waals surface area (Å²) in [5.74, 6) is -0.0354. The Hall–Kier alpha value is -1.72. The molecule has 84 valence electrons. The summed E-state index contributed by atoms with van der Waals surface area (Å²) in [7, 11) is -4.07. The number of benzene rings is 1. The fraction of sp³-hybridized carbons (Fsp3) is 0.200. The van der Waals surface area contributed by atoms with E-state index in [1.807, 2.05) is 0 Å². The minimum atomic E-state index is -4.07. The number of rotatable bonds is 1. The monoisotopic (exact) mass is 224 g/mol. The third-order valence-corrected chi connectivity index (χ3v) is 2.22. The van der Waals surface area contributed by atoms with Gasteiger partial charge in [0.1, 0.15) is 5.71 Å². The van der Waals surface area contributed by atoms with Crippen molar-refractivity contribution in [1.82, 2.24) is 0 Å². The van der Waals surface area contributed by atoms with Gasteiger partial charge in [0.25, 0.3) is 0 Å². The van der Waals surface area contributed by atoms with Crippen LogP contribution in [0, 0.1) is 0 Å². The standard InChI is InChI=1S/C10H11BF2N2O/c1-8(2)15-11(12,13)16-10(14-15)9-6-4-3-5-7-9/h3-7H,1-2H3. The van der Waals surface area contributed by atoms with Crippen LogP contribution in [0.5, 0.6) is 0 Å². The molecule has 0 unspecified atom stereocenters. The lowest BCUT2D eigenvalue weighted by atomic mass is 10.1. The molecule has 2 rings (SSSR count). The number of hydrogen-bond acceptors (Lipinski definition) is 2. The molecule has 6 heteroatoms. The largest absolute Gasteiger partial charge is 0.859 e. The van der Waals surface area contributed by atoms with E-state index in [0.717, 1.165) is 0 Å². The Balaban J connectivity index is 2.42. The van der Waals surface area contributed by atoms with E-state index < -0.39 is 7.04 Å². The van der Waals surface area contributed by atoms with Crippen LogP contribution in [-0.4, -0.2) is 23.2 Å². The molecule has 1 aromatic rings. The Bertz CT molecular complexity index is 467. The zero-order valence-corrected chi connectivity index (χ0v) is 9.02. The molecule has 1 aromatic carbocycles. The maximum absolute atomic E-state index is 13.4. The van der Waals surface area contributed by atoms with Crippen LogP contribution in [0.4, 0.5) is 8.63 Å². The van der Waals surface area contributed by atoms with Crippen LogP contribution in [0.15, 0.2) is 35.4 Å². The van der Waals surface area contributed by atoms with Crippen LogP contribution in [0.3, 0.4) is 0 Å². The molecule has 1 aliphatic rings. The first kappa shape index (κ1) is 10.8. The Kier molecular flexibility index (Phi) is 2.49. The van der Waals surface area contributed by atoms with Crippen molar-refractivity contribution in [3.05, 3.63) is 35.9 Å². The van der Waals surface area contributed by atoms with Crippen LogP contribution in [0.1, 0.15) is 19.4 Å². The van der Waals surface area contributed by atoms with E-state index >= 15 is 0 Å². The van der Waals surface area contributed by atoms with Gasteiger partial charge in [-0.1, -0.05) is 18.2 Å². The summed E-state index contributed by atoms with van der Waals surface area (Å²) in [5, 5.41) is 3.78. The topological polar surface area (TPSA) is 24.6 Å².